The molecule has 0 heterocycles. The Hall–Kier alpha value is -1.80. The first-order valence-electron chi connectivity index (χ1n) is 6.78. The van der Waals surface area contributed by atoms with Crippen molar-refractivity contribution in [3.63, 3.8) is 0 Å². The fourth-order valence-electron chi connectivity index (χ4n) is 2.00. The van der Waals surface area contributed by atoms with Crippen molar-refractivity contribution >= 4 is 0 Å². The first kappa shape index (κ1) is 13.6. The lowest BCUT2D eigenvalue weighted by molar-refractivity contribution is 0.310. The van der Waals surface area contributed by atoms with Crippen LogP contribution in [0.5, 0.6) is 5.75 Å². The van der Waals surface area contributed by atoms with Crippen LogP contribution in [0.3, 0.4) is 0 Å². The van der Waals surface area contributed by atoms with Gasteiger partial charge in [-0.1, -0.05) is 42.5 Å². The summed E-state index contributed by atoms with van der Waals surface area (Å²) in [5, 5.41) is 0. The Kier molecular flexibility index (Phi) is 4.99. The van der Waals surface area contributed by atoms with Crippen LogP contribution in [0.1, 0.15) is 30.5 Å². The predicted octanol–water partition coefficient (Wildman–Crippen LogP) is 3.72. The van der Waals surface area contributed by atoms with Gasteiger partial charge in [0.2, 0.25) is 0 Å². The van der Waals surface area contributed by atoms with Crippen molar-refractivity contribution in [3.05, 3.63) is 65.7 Å². The Morgan fingerprint density at radius 3 is 2.58 bits per heavy atom. The number of aryl methyl sites for hydroxylation is 1. The summed E-state index contributed by atoms with van der Waals surface area (Å²) in [6.45, 7) is 2.71. The van der Waals surface area contributed by atoms with Crippen LogP contribution in [0.25, 0.3) is 0 Å². The molecule has 0 fully saturated rings. The molecule has 100 valence electrons. The molecule has 0 spiro atoms. The van der Waals surface area contributed by atoms with Gasteiger partial charge in [0.1, 0.15) is 5.75 Å². The second-order valence-corrected chi connectivity index (χ2v) is 4.80. The van der Waals surface area contributed by atoms with Crippen LogP contribution in [0.15, 0.2) is 54.6 Å². The monoisotopic (exact) mass is 255 g/mol. The van der Waals surface area contributed by atoms with Crippen molar-refractivity contribution < 1.29 is 4.74 Å². The van der Waals surface area contributed by atoms with Crippen LogP contribution in [-0.2, 0) is 6.42 Å². The SMILES string of the molecule is CC(N)c1cccc(OCCCc2ccccc2)c1. The first-order chi connectivity index (χ1) is 9.25. The zero-order chi connectivity index (χ0) is 13.5. The minimum absolute atomic E-state index is 0.0490. The first-order valence-corrected chi connectivity index (χ1v) is 6.78. The molecule has 0 aliphatic heterocycles. The highest BCUT2D eigenvalue weighted by Crippen LogP contribution is 2.17. The van der Waals surface area contributed by atoms with Crippen molar-refractivity contribution in [2.24, 2.45) is 5.73 Å². The molecule has 0 saturated carbocycles. The van der Waals surface area contributed by atoms with E-state index in [0.29, 0.717) is 0 Å². The lowest BCUT2D eigenvalue weighted by Crippen LogP contribution is -2.05. The summed E-state index contributed by atoms with van der Waals surface area (Å²) in [5.41, 5.74) is 8.33. The molecule has 0 aliphatic carbocycles. The average Bonchev–Trinajstić information content (AvgIpc) is 2.45. The number of nitrogens with two attached hydrogens (primary N) is 1. The third kappa shape index (κ3) is 4.42. The highest BCUT2D eigenvalue weighted by Gasteiger charge is 2.01. The largest absolute Gasteiger partial charge is 0.494 e. The minimum Gasteiger partial charge on any atom is -0.494 e. The van der Waals surface area contributed by atoms with Gasteiger partial charge in [0.05, 0.1) is 6.61 Å². The van der Waals surface area contributed by atoms with E-state index < -0.39 is 0 Å². The van der Waals surface area contributed by atoms with Crippen LogP contribution in [0.4, 0.5) is 0 Å². The Labute approximate surface area is 115 Å². The van der Waals surface area contributed by atoms with Gasteiger partial charge in [0.15, 0.2) is 0 Å². The van der Waals surface area contributed by atoms with Gasteiger partial charge in [-0.05, 0) is 43.0 Å². The molecule has 1 unspecified atom stereocenters. The number of ether oxygens (including phenoxy) is 1. The molecule has 1 atom stereocenters. The van der Waals surface area contributed by atoms with Gasteiger partial charge in [-0.2, -0.15) is 0 Å². The normalized spacial score (nSPS) is 12.1. The topological polar surface area (TPSA) is 35.2 Å². The molecule has 2 aromatic rings. The molecule has 0 aromatic heterocycles. The van der Waals surface area contributed by atoms with Gasteiger partial charge >= 0.3 is 0 Å². The van der Waals surface area contributed by atoms with E-state index in [4.69, 9.17) is 10.5 Å². The third-order valence-corrected chi connectivity index (χ3v) is 3.11. The fraction of sp³-hybridized carbons (Fsp3) is 0.294. The van der Waals surface area contributed by atoms with Gasteiger partial charge < -0.3 is 10.5 Å². The lowest BCUT2D eigenvalue weighted by Gasteiger charge is -2.10. The number of benzene rings is 2. The second-order valence-electron chi connectivity index (χ2n) is 4.80. The molecule has 0 bridgehead atoms. The standard InChI is InChI=1S/C17H21NO/c1-14(18)16-10-5-11-17(13-16)19-12-6-9-15-7-3-2-4-8-15/h2-5,7-8,10-11,13-14H,6,9,12,18H2,1H3. The van der Waals surface area contributed by atoms with Crippen molar-refractivity contribution in [3.8, 4) is 5.75 Å². The zero-order valence-corrected chi connectivity index (χ0v) is 11.4. The van der Waals surface area contributed by atoms with Gasteiger partial charge in [-0.3, -0.25) is 0 Å². The van der Waals surface area contributed by atoms with Crippen molar-refractivity contribution in [1.29, 1.82) is 0 Å². The van der Waals surface area contributed by atoms with E-state index in [1.54, 1.807) is 0 Å². The van der Waals surface area contributed by atoms with Crippen LogP contribution < -0.4 is 10.5 Å². The fourth-order valence-corrected chi connectivity index (χ4v) is 2.00. The van der Waals surface area contributed by atoms with Crippen molar-refractivity contribution in [2.75, 3.05) is 6.61 Å². The molecule has 2 N–H and O–H groups in total. The lowest BCUT2D eigenvalue weighted by atomic mass is 10.1. The van der Waals surface area contributed by atoms with Crippen LogP contribution >= 0.6 is 0 Å². The minimum atomic E-state index is 0.0490. The Balaban J connectivity index is 1.78. The second kappa shape index (κ2) is 6.95. The maximum Gasteiger partial charge on any atom is 0.119 e. The van der Waals surface area contributed by atoms with Gasteiger partial charge in [0, 0.05) is 6.04 Å². The quantitative estimate of drug-likeness (QED) is 0.798. The molecule has 2 heteroatoms. The number of hydrogen-bond donors (Lipinski definition) is 1. The smallest absolute Gasteiger partial charge is 0.119 e. The third-order valence-electron chi connectivity index (χ3n) is 3.11. The van der Waals surface area contributed by atoms with E-state index in [0.717, 1.165) is 30.8 Å². The van der Waals surface area contributed by atoms with Gasteiger partial charge in [-0.25, -0.2) is 0 Å². The van der Waals surface area contributed by atoms with E-state index in [2.05, 4.69) is 24.3 Å². The summed E-state index contributed by atoms with van der Waals surface area (Å²) in [4.78, 5) is 0. The summed E-state index contributed by atoms with van der Waals surface area (Å²) in [7, 11) is 0. The van der Waals surface area contributed by atoms with Crippen LogP contribution in [0, 0.1) is 0 Å². The Bertz CT molecular complexity index is 494. The zero-order valence-electron chi connectivity index (χ0n) is 11.4. The van der Waals surface area contributed by atoms with E-state index >= 15 is 0 Å². The van der Waals surface area contributed by atoms with Crippen LogP contribution in [0.2, 0.25) is 0 Å². The molecular formula is C17H21NO. The molecule has 2 rings (SSSR count). The van der Waals surface area contributed by atoms with E-state index in [-0.39, 0.29) is 6.04 Å². The molecule has 2 nitrogen and oxygen atoms in total. The van der Waals surface area contributed by atoms with E-state index in [9.17, 15) is 0 Å². The van der Waals surface area contributed by atoms with Crippen molar-refractivity contribution in [2.45, 2.75) is 25.8 Å². The summed E-state index contributed by atoms with van der Waals surface area (Å²) in [6.07, 6.45) is 2.07. The molecule has 0 radical (unpaired) electrons. The Morgan fingerprint density at radius 2 is 1.84 bits per heavy atom. The summed E-state index contributed by atoms with van der Waals surface area (Å²) >= 11 is 0. The van der Waals surface area contributed by atoms with Crippen molar-refractivity contribution in [1.82, 2.24) is 0 Å². The number of rotatable bonds is 6. The van der Waals surface area contributed by atoms with Crippen LogP contribution in [-0.4, -0.2) is 6.61 Å². The van der Waals surface area contributed by atoms with E-state index in [1.807, 2.05) is 37.3 Å². The summed E-state index contributed by atoms with van der Waals surface area (Å²) in [6, 6.07) is 18.6. The molecule has 2 aromatic carbocycles. The highest BCUT2D eigenvalue weighted by atomic mass is 16.5. The van der Waals surface area contributed by atoms with Gasteiger partial charge in [-0.15, -0.1) is 0 Å². The maximum atomic E-state index is 5.86. The molecule has 0 aliphatic rings. The molecule has 0 saturated heterocycles. The Morgan fingerprint density at radius 1 is 1.05 bits per heavy atom. The molecule has 19 heavy (non-hydrogen) atoms. The van der Waals surface area contributed by atoms with Gasteiger partial charge in [0.25, 0.3) is 0 Å². The van der Waals surface area contributed by atoms with E-state index in [1.165, 1.54) is 5.56 Å². The summed E-state index contributed by atoms with van der Waals surface area (Å²) < 4.78 is 5.76. The average molecular weight is 255 g/mol. The molecule has 0 amide bonds. The highest BCUT2D eigenvalue weighted by molar-refractivity contribution is 5.30. The maximum absolute atomic E-state index is 5.86. The predicted molar refractivity (Wildman–Crippen MR) is 79.3 cm³/mol. The molecular weight excluding hydrogens is 234 g/mol. The number of hydrogen-bond acceptors (Lipinski definition) is 2. The summed E-state index contributed by atoms with van der Waals surface area (Å²) in [5.74, 6) is 0.905.